The molecule has 0 spiro atoms. The van der Waals surface area contributed by atoms with Crippen molar-refractivity contribution in [3.8, 4) is 22.5 Å². The first kappa shape index (κ1) is 30.9. The van der Waals surface area contributed by atoms with Gasteiger partial charge >= 0.3 is 12.1 Å². The fraction of sp³-hybridized carbons (Fsp3) is 0.500. The summed E-state index contributed by atoms with van der Waals surface area (Å²) >= 11 is 0. The number of carbonyl (C=O) groups is 2. The summed E-state index contributed by atoms with van der Waals surface area (Å²) in [5.74, 6) is 1.46. The zero-order valence-electron chi connectivity index (χ0n) is 27.5. The van der Waals surface area contributed by atoms with E-state index in [1.807, 2.05) is 60.9 Å². The molecule has 9 nitrogen and oxygen atoms in total. The van der Waals surface area contributed by atoms with Crippen LogP contribution in [-0.4, -0.2) is 54.6 Å². The van der Waals surface area contributed by atoms with Gasteiger partial charge in [0.15, 0.2) is 0 Å². The molecule has 1 saturated heterocycles. The molecule has 6 rings (SSSR count). The molecule has 1 aliphatic heterocycles. The summed E-state index contributed by atoms with van der Waals surface area (Å²) in [6.07, 6.45) is 7.84. The lowest BCUT2D eigenvalue weighted by molar-refractivity contribution is -0.167. The SMILES string of the molecule is CC(C)(C)OC(=O)N1CCCC1c1ncc(-c2ccc3cc(-c4cnc(C5CCCC5(C)C(=O)OC(C)(C)C)[nH]4)ccc3c2)[nH]1. The largest absolute Gasteiger partial charge is 0.460 e. The van der Waals surface area contributed by atoms with Gasteiger partial charge in [-0.2, -0.15) is 0 Å². The van der Waals surface area contributed by atoms with Crippen LogP contribution in [0.1, 0.15) is 104 Å². The van der Waals surface area contributed by atoms with Gasteiger partial charge in [-0.3, -0.25) is 9.69 Å². The number of aromatic nitrogens is 4. The van der Waals surface area contributed by atoms with E-state index >= 15 is 0 Å². The van der Waals surface area contributed by atoms with Crippen molar-refractivity contribution in [1.82, 2.24) is 24.8 Å². The van der Waals surface area contributed by atoms with Crippen molar-refractivity contribution in [1.29, 1.82) is 0 Å². The number of nitrogens with one attached hydrogen (secondary N) is 2. The highest BCUT2D eigenvalue weighted by atomic mass is 16.6. The maximum absolute atomic E-state index is 13.2. The van der Waals surface area contributed by atoms with Crippen LogP contribution >= 0.6 is 0 Å². The van der Waals surface area contributed by atoms with Crippen molar-refractivity contribution in [2.24, 2.45) is 5.41 Å². The van der Waals surface area contributed by atoms with E-state index in [9.17, 15) is 9.59 Å². The standard InChI is InChI=1S/C36H45N5O4/c1-34(2,3)44-32(42)36(7)16-8-10-26(36)30-37-20-27(39-30)24-14-12-23-19-25(15-13-22(23)18-24)28-21-38-31(40-28)29-11-9-17-41(29)33(43)45-35(4,5)6/h12-15,18-21,26,29H,8-11,16-17H2,1-7H3,(H,37,39)(H,38,40). The number of nitrogens with zero attached hydrogens (tertiary/aromatic N) is 3. The normalized spacial score (nSPS) is 22.2. The van der Waals surface area contributed by atoms with E-state index in [0.29, 0.717) is 6.54 Å². The molecule has 9 heteroatoms. The molecule has 0 radical (unpaired) electrons. The Hall–Kier alpha value is -4.14. The molecule has 1 aliphatic carbocycles. The lowest BCUT2D eigenvalue weighted by Crippen LogP contribution is -2.37. The number of hydrogen-bond acceptors (Lipinski definition) is 6. The lowest BCUT2D eigenvalue weighted by Gasteiger charge is -2.32. The number of imidazole rings is 2. The minimum atomic E-state index is -0.597. The monoisotopic (exact) mass is 611 g/mol. The van der Waals surface area contributed by atoms with Crippen LogP contribution in [-0.2, 0) is 14.3 Å². The number of H-pyrrole nitrogens is 2. The topological polar surface area (TPSA) is 113 Å². The van der Waals surface area contributed by atoms with Crippen LogP contribution < -0.4 is 0 Å². The number of hydrogen-bond donors (Lipinski definition) is 2. The van der Waals surface area contributed by atoms with Crippen molar-refractivity contribution >= 4 is 22.8 Å². The van der Waals surface area contributed by atoms with Crippen LogP contribution in [0.2, 0.25) is 0 Å². The number of ether oxygens (including phenoxy) is 2. The third-order valence-electron chi connectivity index (χ3n) is 9.00. The van der Waals surface area contributed by atoms with Crippen LogP contribution in [0.3, 0.4) is 0 Å². The van der Waals surface area contributed by atoms with Gasteiger partial charge in [-0.05, 0) is 97.1 Å². The first-order valence-electron chi connectivity index (χ1n) is 16.1. The molecule has 2 N–H and O–H groups in total. The average molecular weight is 612 g/mol. The van der Waals surface area contributed by atoms with Gasteiger partial charge in [0.1, 0.15) is 22.9 Å². The molecule has 45 heavy (non-hydrogen) atoms. The van der Waals surface area contributed by atoms with E-state index in [1.165, 1.54) is 0 Å². The van der Waals surface area contributed by atoms with E-state index < -0.39 is 16.6 Å². The number of esters is 1. The Morgan fingerprint density at radius 2 is 1.40 bits per heavy atom. The Morgan fingerprint density at radius 1 is 0.822 bits per heavy atom. The Labute approximate surface area is 265 Å². The van der Waals surface area contributed by atoms with Gasteiger partial charge in [0.2, 0.25) is 0 Å². The highest BCUT2D eigenvalue weighted by Crippen LogP contribution is 2.50. The summed E-state index contributed by atoms with van der Waals surface area (Å²) in [7, 11) is 0. The number of carbonyl (C=O) groups excluding carboxylic acids is 2. The molecule has 238 valence electrons. The smallest absolute Gasteiger partial charge is 0.410 e. The maximum Gasteiger partial charge on any atom is 0.410 e. The number of amides is 1. The first-order valence-corrected chi connectivity index (χ1v) is 16.1. The Balaban J connectivity index is 1.19. The number of benzene rings is 2. The molecule has 2 aromatic heterocycles. The van der Waals surface area contributed by atoms with Gasteiger partial charge in [0.25, 0.3) is 0 Å². The van der Waals surface area contributed by atoms with Gasteiger partial charge in [-0.25, -0.2) is 14.8 Å². The highest BCUT2D eigenvalue weighted by molar-refractivity contribution is 5.90. The molecule has 0 bridgehead atoms. The summed E-state index contributed by atoms with van der Waals surface area (Å²) < 4.78 is 11.4. The Kier molecular flexibility index (Phi) is 7.78. The van der Waals surface area contributed by atoms with Crippen LogP contribution in [0, 0.1) is 5.41 Å². The van der Waals surface area contributed by atoms with Gasteiger partial charge < -0.3 is 19.4 Å². The zero-order valence-corrected chi connectivity index (χ0v) is 27.5. The summed E-state index contributed by atoms with van der Waals surface area (Å²) in [4.78, 5) is 44.2. The zero-order chi connectivity index (χ0) is 32.1. The van der Waals surface area contributed by atoms with Gasteiger partial charge in [0.05, 0.1) is 35.2 Å². The second-order valence-corrected chi connectivity index (χ2v) is 14.8. The molecule has 3 atom stereocenters. The third-order valence-corrected chi connectivity index (χ3v) is 9.00. The Bertz CT molecular complexity index is 1720. The molecule has 2 aromatic carbocycles. The molecule has 1 saturated carbocycles. The van der Waals surface area contributed by atoms with E-state index in [-0.39, 0.29) is 24.0 Å². The highest BCUT2D eigenvalue weighted by Gasteiger charge is 2.49. The van der Waals surface area contributed by atoms with Crippen LogP contribution in [0.25, 0.3) is 33.3 Å². The van der Waals surface area contributed by atoms with E-state index in [4.69, 9.17) is 14.5 Å². The average Bonchev–Trinajstić information content (AvgIpc) is 3.76. The van der Waals surface area contributed by atoms with Gasteiger partial charge in [-0.1, -0.05) is 30.7 Å². The van der Waals surface area contributed by atoms with Crippen LogP contribution in [0.4, 0.5) is 4.79 Å². The molecule has 4 aromatic rings. The number of rotatable bonds is 5. The molecule has 2 aliphatic rings. The lowest BCUT2D eigenvalue weighted by atomic mass is 9.79. The van der Waals surface area contributed by atoms with Crippen molar-refractivity contribution < 1.29 is 19.1 Å². The summed E-state index contributed by atoms with van der Waals surface area (Å²) in [6, 6.07) is 12.6. The first-order chi connectivity index (χ1) is 21.2. The molecule has 3 unspecified atom stereocenters. The Morgan fingerprint density at radius 3 is 2.00 bits per heavy atom. The third kappa shape index (κ3) is 6.35. The molecular formula is C36H45N5O4. The van der Waals surface area contributed by atoms with Gasteiger partial charge in [0, 0.05) is 23.6 Å². The predicted octanol–water partition coefficient (Wildman–Crippen LogP) is 8.31. The minimum absolute atomic E-state index is 0.0103. The fourth-order valence-electron chi connectivity index (χ4n) is 6.73. The quantitative estimate of drug-likeness (QED) is 0.220. The van der Waals surface area contributed by atoms with Crippen LogP contribution in [0.5, 0.6) is 0 Å². The molecule has 3 heterocycles. The van der Waals surface area contributed by atoms with Crippen molar-refractivity contribution in [3.05, 3.63) is 60.4 Å². The minimum Gasteiger partial charge on any atom is -0.460 e. The maximum atomic E-state index is 13.2. The van der Waals surface area contributed by atoms with Gasteiger partial charge in [-0.15, -0.1) is 0 Å². The predicted molar refractivity (Wildman–Crippen MR) is 175 cm³/mol. The number of fused-ring (bicyclic) bond motifs is 1. The second-order valence-electron chi connectivity index (χ2n) is 14.8. The van der Waals surface area contributed by atoms with Crippen molar-refractivity contribution in [2.45, 2.75) is 104 Å². The van der Waals surface area contributed by atoms with Crippen molar-refractivity contribution in [3.63, 3.8) is 0 Å². The summed E-state index contributed by atoms with van der Waals surface area (Å²) in [5, 5.41) is 2.22. The summed E-state index contributed by atoms with van der Waals surface area (Å²) in [6.45, 7) is 14.1. The van der Waals surface area contributed by atoms with E-state index in [2.05, 4.69) is 51.4 Å². The molecule has 1 amide bonds. The summed E-state index contributed by atoms with van der Waals surface area (Å²) in [5.41, 5.74) is 2.25. The molecule has 2 fully saturated rings. The van der Waals surface area contributed by atoms with Crippen LogP contribution in [0.15, 0.2) is 48.8 Å². The fourth-order valence-corrected chi connectivity index (χ4v) is 6.73. The van der Waals surface area contributed by atoms with E-state index in [0.717, 1.165) is 77.0 Å². The number of likely N-dealkylation sites (tertiary alicyclic amines) is 1. The number of aromatic amines is 2. The molecular weight excluding hydrogens is 566 g/mol. The van der Waals surface area contributed by atoms with Crippen molar-refractivity contribution in [2.75, 3.05) is 6.54 Å². The van der Waals surface area contributed by atoms with E-state index in [1.54, 1.807) is 4.90 Å². The second kappa shape index (κ2) is 11.3.